The molecule has 0 fully saturated rings. The van der Waals surface area contributed by atoms with Gasteiger partial charge in [-0.15, -0.1) is 10.2 Å². The van der Waals surface area contributed by atoms with Crippen LogP contribution in [0.15, 0.2) is 27.0 Å². The van der Waals surface area contributed by atoms with Gasteiger partial charge in [0.25, 0.3) is 0 Å². The second-order valence-electron chi connectivity index (χ2n) is 4.97. The molecule has 1 aromatic heterocycles. The minimum absolute atomic E-state index is 0.0600. The molecule has 0 atom stereocenters. The predicted molar refractivity (Wildman–Crippen MR) is 102 cm³/mol. The largest absolute Gasteiger partial charge is 0.360 e. The molecule has 23 heavy (non-hydrogen) atoms. The highest BCUT2D eigenvalue weighted by molar-refractivity contribution is 9.10. The van der Waals surface area contributed by atoms with Gasteiger partial charge in [0, 0.05) is 11.0 Å². The first-order valence-electron chi connectivity index (χ1n) is 7.34. The van der Waals surface area contributed by atoms with Gasteiger partial charge in [0.1, 0.15) is 0 Å². The van der Waals surface area contributed by atoms with E-state index in [1.165, 1.54) is 23.1 Å². The quantitative estimate of drug-likeness (QED) is 0.489. The Bertz CT molecular complexity index is 663. The maximum atomic E-state index is 12.0. The molecular formula is C15H19BrN4OS2. The van der Waals surface area contributed by atoms with Gasteiger partial charge in [-0.25, -0.2) is 0 Å². The first-order valence-corrected chi connectivity index (χ1v) is 9.94. The van der Waals surface area contributed by atoms with E-state index in [4.69, 9.17) is 0 Å². The number of benzene rings is 1. The minimum atomic E-state index is -0.0600. The van der Waals surface area contributed by atoms with E-state index in [2.05, 4.69) is 43.7 Å². The summed E-state index contributed by atoms with van der Waals surface area (Å²) in [6.07, 6.45) is 2.25. The third-order valence-corrected chi connectivity index (χ3v) is 5.61. The van der Waals surface area contributed by atoms with Crippen molar-refractivity contribution in [2.24, 2.45) is 0 Å². The fourth-order valence-corrected chi connectivity index (χ4v) is 3.92. The first-order chi connectivity index (χ1) is 11.1. The molecule has 124 valence electrons. The van der Waals surface area contributed by atoms with E-state index in [0.717, 1.165) is 44.6 Å². The summed E-state index contributed by atoms with van der Waals surface area (Å²) >= 11 is 6.33. The van der Waals surface area contributed by atoms with E-state index in [9.17, 15) is 4.79 Å². The summed E-state index contributed by atoms with van der Waals surface area (Å²) in [5.74, 6) is 0.249. The fraction of sp³-hybridized carbons (Fsp3) is 0.400. The number of carbonyl (C=O) groups excluding carboxylic acids is 1. The Morgan fingerprint density at radius 2 is 2.22 bits per heavy atom. The Morgan fingerprint density at radius 1 is 1.39 bits per heavy atom. The van der Waals surface area contributed by atoms with Crippen LogP contribution in [-0.4, -0.2) is 28.4 Å². The van der Waals surface area contributed by atoms with Crippen LogP contribution in [0.5, 0.6) is 0 Å². The minimum Gasteiger partial charge on any atom is -0.360 e. The Balaban J connectivity index is 1.80. The van der Waals surface area contributed by atoms with Gasteiger partial charge in [0.05, 0.1) is 11.4 Å². The normalized spacial score (nSPS) is 10.6. The third kappa shape index (κ3) is 6.12. The highest BCUT2D eigenvalue weighted by atomic mass is 79.9. The first kappa shape index (κ1) is 18.2. The lowest BCUT2D eigenvalue weighted by molar-refractivity contribution is -0.113. The number of amides is 1. The van der Waals surface area contributed by atoms with Gasteiger partial charge in [-0.3, -0.25) is 4.79 Å². The Morgan fingerprint density at radius 3 is 2.96 bits per heavy atom. The molecule has 8 heteroatoms. The number of rotatable bonds is 8. The smallest absolute Gasteiger partial charge is 0.234 e. The van der Waals surface area contributed by atoms with Crippen molar-refractivity contribution in [2.45, 2.75) is 31.0 Å². The molecule has 0 aliphatic heterocycles. The summed E-state index contributed by atoms with van der Waals surface area (Å²) in [5.41, 5.74) is 1.92. The van der Waals surface area contributed by atoms with Crippen molar-refractivity contribution in [3.05, 3.63) is 28.2 Å². The molecule has 0 saturated heterocycles. The van der Waals surface area contributed by atoms with Crippen LogP contribution >= 0.6 is 39.0 Å². The zero-order valence-corrected chi connectivity index (χ0v) is 16.3. The maximum Gasteiger partial charge on any atom is 0.234 e. The van der Waals surface area contributed by atoms with Gasteiger partial charge in [-0.05, 0) is 47.0 Å². The van der Waals surface area contributed by atoms with Crippen LogP contribution < -0.4 is 10.6 Å². The lowest BCUT2D eigenvalue weighted by Crippen LogP contribution is -2.14. The van der Waals surface area contributed by atoms with E-state index < -0.39 is 0 Å². The Kier molecular flexibility index (Phi) is 7.32. The zero-order valence-electron chi connectivity index (χ0n) is 13.1. The molecule has 2 aromatic rings. The van der Waals surface area contributed by atoms with Crippen molar-refractivity contribution in [2.75, 3.05) is 22.9 Å². The lowest BCUT2D eigenvalue weighted by atomic mass is 10.2. The molecule has 0 unspecified atom stereocenters. The molecule has 1 aromatic carbocycles. The number of thioether (sulfide) groups is 1. The average molecular weight is 415 g/mol. The topological polar surface area (TPSA) is 66.9 Å². The van der Waals surface area contributed by atoms with Crippen molar-refractivity contribution in [3.63, 3.8) is 0 Å². The molecule has 0 aliphatic carbocycles. The van der Waals surface area contributed by atoms with Gasteiger partial charge < -0.3 is 10.6 Å². The number of aryl methyl sites for hydroxylation is 1. The fourth-order valence-electron chi connectivity index (χ4n) is 1.75. The molecule has 1 heterocycles. The summed E-state index contributed by atoms with van der Waals surface area (Å²) in [6.45, 7) is 5.06. The standard InChI is InChI=1S/C15H19BrN4OS2/c1-3-4-7-17-14-19-20-15(23-14)22-9-13(21)18-12-6-5-10(2)8-11(12)16/h5-6,8H,3-4,7,9H2,1-2H3,(H,17,19)(H,18,21). The molecule has 5 nitrogen and oxygen atoms in total. The van der Waals surface area contributed by atoms with Gasteiger partial charge in [-0.2, -0.15) is 0 Å². The van der Waals surface area contributed by atoms with E-state index in [0.29, 0.717) is 5.75 Å². The van der Waals surface area contributed by atoms with Crippen LogP contribution in [0.1, 0.15) is 25.3 Å². The van der Waals surface area contributed by atoms with Crippen LogP contribution in [-0.2, 0) is 4.79 Å². The predicted octanol–water partition coefficient (Wildman–Crippen LogP) is 4.55. The number of hydrogen-bond donors (Lipinski definition) is 2. The highest BCUT2D eigenvalue weighted by Gasteiger charge is 2.09. The monoisotopic (exact) mass is 414 g/mol. The van der Waals surface area contributed by atoms with Crippen LogP contribution in [0.25, 0.3) is 0 Å². The molecule has 0 bridgehead atoms. The number of aromatic nitrogens is 2. The van der Waals surface area contributed by atoms with Crippen molar-refractivity contribution in [1.82, 2.24) is 10.2 Å². The number of nitrogens with zero attached hydrogens (tertiary/aromatic N) is 2. The van der Waals surface area contributed by atoms with E-state index in [1.807, 2.05) is 25.1 Å². The molecule has 2 rings (SSSR count). The van der Waals surface area contributed by atoms with Crippen molar-refractivity contribution in [3.8, 4) is 0 Å². The van der Waals surface area contributed by atoms with Gasteiger partial charge in [0.2, 0.25) is 11.0 Å². The third-order valence-electron chi connectivity index (χ3n) is 2.94. The van der Waals surface area contributed by atoms with E-state index in [1.54, 1.807) is 0 Å². The van der Waals surface area contributed by atoms with Crippen molar-refractivity contribution < 1.29 is 4.79 Å². The second kappa shape index (κ2) is 9.24. The number of nitrogens with one attached hydrogen (secondary N) is 2. The van der Waals surface area contributed by atoms with E-state index in [-0.39, 0.29) is 5.91 Å². The zero-order chi connectivity index (χ0) is 16.7. The highest BCUT2D eigenvalue weighted by Crippen LogP contribution is 2.27. The number of carbonyl (C=O) groups is 1. The van der Waals surface area contributed by atoms with Gasteiger partial charge in [-0.1, -0.05) is 42.5 Å². The second-order valence-corrected chi connectivity index (χ2v) is 8.03. The Labute approximate surface area is 152 Å². The number of halogens is 1. The summed E-state index contributed by atoms with van der Waals surface area (Å²) in [5, 5.41) is 15.1. The van der Waals surface area contributed by atoms with Crippen LogP contribution in [0.3, 0.4) is 0 Å². The molecule has 0 spiro atoms. The average Bonchev–Trinajstić information content (AvgIpc) is 2.96. The molecule has 1 amide bonds. The van der Waals surface area contributed by atoms with Gasteiger partial charge >= 0.3 is 0 Å². The van der Waals surface area contributed by atoms with Gasteiger partial charge in [0.15, 0.2) is 4.34 Å². The molecule has 0 radical (unpaired) electrons. The van der Waals surface area contributed by atoms with Crippen LogP contribution in [0.2, 0.25) is 0 Å². The molecule has 0 saturated carbocycles. The van der Waals surface area contributed by atoms with Crippen molar-refractivity contribution in [1.29, 1.82) is 0 Å². The lowest BCUT2D eigenvalue weighted by Gasteiger charge is -2.07. The van der Waals surface area contributed by atoms with Crippen LogP contribution in [0.4, 0.5) is 10.8 Å². The summed E-state index contributed by atoms with van der Waals surface area (Å²) < 4.78 is 1.68. The number of unbranched alkanes of at least 4 members (excludes halogenated alkanes) is 1. The summed E-state index contributed by atoms with van der Waals surface area (Å²) in [4.78, 5) is 12.0. The van der Waals surface area contributed by atoms with Crippen LogP contribution in [0, 0.1) is 6.92 Å². The number of anilines is 2. The number of hydrogen-bond acceptors (Lipinski definition) is 6. The molecular weight excluding hydrogens is 396 g/mol. The maximum absolute atomic E-state index is 12.0. The van der Waals surface area contributed by atoms with Crippen molar-refractivity contribution >= 4 is 55.8 Å². The molecule has 2 N–H and O–H groups in total. The summed E-state index contributed by atoms with van der Waals surface area (Å²) in [6, 6.07) is 5.83. The SMILES string of the molecule is CCCCNc1nnc(SCC(=O)Nc2ccc(C)cc2Br)s1. The molecule has 0 aliphatic rings. The summed E-state index contributed by atoms with van der Waals surface area (Å²) in [7, 11) is 0. The Hall–Kier alpha value is -1.12. The van der Waals surface area contributed by atoms with E-state index >= 15 is 0 Å².